The third-order valence-corrected chi connectivity index (χ3v) is 4.19. The summed E-state index contributed by atoms with van der Waals surface area (Å²) >= 11 is 0. The molecular weight excluding hydrogens is 339 g/mol. The first kappa shape index (κ1) is 17.5. The molecule has 5 nitrogen and oxygen atoms in total. The lowest BCUT2D eigenvalue weighted by Gasteiger charge is -2.26. The second-order valence-electron chi connectivity index (χ2n) is 5.91. The van der Waals surface area contributed by atoms with Crippen molar-refractivity contribution in [2.75, 3.05) is 19.8 Å². The SMILES string of the molecule is O=C1C=C(c2ccccc2OC(F)(F)F)C(=O)N1CC1CCOCC1. The van der Waals surface area contributed by atoms with E-state index < -0.39 is 23.9 Å². The van der Waals surface area contributed by atoms with Crippen LogP contribution in [0.5, 0.6) is 5.75 Å². The number of nitrogens with zero attached hydrogens (tertiary/aromatic N) is 1. The van der Waals surface area contributed by atoms with Gasteiger partial charge in [-0.3, -0.25) is 14.5 Å². The zero-order valence-corrected chi connectivity index (χ0v) is 13.2. The highest BCUT2D eigenvalue weighted by molar-refractivity contribution is 6.33. The van der Waals surface area contributed by atoms with E-state index in [1.165, 1.54) is 18.2 Å². The maximum atomic E-state index is 12.6. The standard InChI is InChI=1S/C17H16F3NO4/c18-17(19,20)25-14-4-2-1-3-12(14)13-9-15(22)21(16(13)23)10-11-5-7-24-8-6-11/h1-4,9,11H,5-8,10H2. The molecular formula is C17H16F3NO4. The highest BCUT2D eigenvalue weighted by atomic mass is 19.4. The maximum absolute atomic E-state index is 12.6. The van der Waals surface area contributed by atoms with Gasteiger partial charge in [-0.15, -0.1) is 13.2 Å². The van der Waals surface area contributed by atoms with Gasteiger partial charge in [0.25, 0.3) is 11.8 Å². The summed E-state index contributed by atoms with van der Waals surface area (Å²) in [5, 5.41) is 0. The van der Waals surface area contributed by atoms with Crippen LogP contribution in [0.15, 0.2) is 30.3 Å². The number of rotatable bonds is 4. The van der Waals surface area contributed by atoms with Crippen LogP contribution >= 0.6 is 0 Å². The molecule has 0 atom stereocenters. The van der Waals surface area contributed by atoms with Gasteiger partial charge in [0.2, 0.25) is 0 Å². The van der Waals surface area contributed by atoms with Crippen molar-refractivity contribution in [3.8, 4) is 5.75 Å². The predicted molar refractivity (Wildman–Crippen MR) is 81.4 cm³/mol. The Labute approximate surface area is 142 Å². The lowest BCUT2D eigenvalue weighted by atomic mass is 9.99. The van der Waals surface area contributed by atoms with Gasteiger partial charge in [-0.1, -0.05) is 18.2 Å². The van der Waals surface area contributed by atoms with Gasteiger partial charge in [0.1, 0.15) is 5.75 Å². The molecule has 1 aromatic rings. The molecule has 0 N–H and O–H groups in total. The van der Waals surface area contributed by atoms with E-state index >= 15 is 0 Å². The summed E-state index contributed by atoms with van der Waals surface area (Å²) in [5.41, 5.74) is -0.135. The molecule has 2 aliphatic rings. The first-order valence-electron chi connectivity index (χ1n) is 7.85. The van der Waals surface area contributed by atoms with Crippen LogP contribution in [0.25, 0.3) is 5.57 Å². The van der Waals surface area contributed by atoms with Gasteiger partial charge in [0, 0.05) is 31.4 Å². The van der Waals surface area contributed by atoms with E-state index in [0.29, 0.717) is 13.2 Å². The molecule has 2 amide bonds. The van der Waals surface area contributed by atoms with Gasteiger partial charge < -0.3 is 9.47 Å². The van der Waals surface area contributed by atoms with Crippen molar-refractivity contribution in [1.29, 1.82) is 0 Å². The number of carbonyl (C=O) groups excluding carboxylic acids is 2. The van der Waals surface area contributed by atoms with Gasteiger partial charge >= 0.3 is 6.36 Å². The topological polar surface area (TPSA) is 55.8 Å². The third-order valence-electron chi connectivity index (χ3n) is 4.19. The summed E-state index contributed by atoms with van der Waals surface area (Å²) in [6.45, 7) is 1.39. The van der Waals surface area contributed by atoms with Gasteiger partial charge in [-0.25, -0.2) is 0 Å². The zero-order chi connectivity index (χ0) is 18.0. The Hall–Kier alpha value is -2.35. The van der Waals surface area contributed by atoms with Crippen molar-refractivity contribution >= 4 is 17.4 Å². The maximum Gasteiger partial charge on any atom is 0.573 e. The molecule has 0 unspecified atom stereocenters. The van der Waals surface area contributed by atoms with Crippen LogP contribution in [0.3, 0.4) is 0 Å². The highest BCUT2D eigenvalue weighted by Gasteiger charge is 2.37. The molecule has 3 rings (SSSR count). The number of para-hydroxylation sites is 1. The van der Waals surface area contributed by atoms with Crippen LogP contribution in [-0.2, 0) is 14.3 Å². The molecule has 2 aliphatic heterocycles. The normalized spacial score (nSPS) is 19.3. The van der Waals surface area contributed by atoms with Crippen LogP contribution in [0.4, 0.5) is 13.2 Å². The number of benzene rings is 1. The second-order valence-corrected chi connectivity index (χ2v) is 5.91. The summed E-state index contributed by atoms with van der Waals surface area (Å²) < 4.78 is 46.9. The third kappa shape index (κ3) is 4.01. The van der Waals surface area contributed by atoms with Crippen molar-refractivity contribution in [3.63, 3.8) is 0 Å². The number of amides is 2. The van der Waals surface area contributed by atoms with Crippen molar-refractivity contribution in [3.05, 3.63) is 35.9 Å². The van der Waals surface area contributed by atoms with Crippen molar-refractivity contribution < 1.29 is 32.2 Å². The Bertz CT molecular complexity index is 708. The van der Waals surface area contributed by atoms with Crippen LogP contribution in [0.2, 0.25) is 0 Å². The fourth-order valence-electron chi connectivity index (χ4n) is 2.96. The molecule has 134 valence electrons. The molecule has 1 fully saturated rings. The Morgan fingerprint density at radius 3 is 2.52 bits per heavy atom. The summed E-state index contributed by atoms with van der Waals surface area (Å²) in [4.78, 5) is 25.8. The average Bonchev–Trinajstić information content (AvgIpc) is 2.83. The molecule has 1 saturated heterocycles. The Morgan fingerprint density at radius 2 is 1.84 bits per heavy atom. The van der Waals surface area contributed by atoms with Gasteiger partial charge in [-0.2, -0.15) is 0 Å². The molecule has 0 aliphatic carbocycles. The van der Waals surface area contributed by atoms with Crippen molar-refractivity contribution in [1.82, 2.24) is 4.90 Å². The quantitative estimate of drug-likeness (QED) is 0.780. The molecule has 0 spiro atoms. The molecule has 0 bridgehead atoms. The minimum Gasteiger partial charge on any atom is -0.405 e. The molecule has 0 saturated carbocycles. The monoisotopic (exact) mass is 355 g/mol. The smallest absolute Gasteiger partial charge is 0.405 e. The molecule has 8 heteroatoms. The van der Waals surface area contributed by atoms with Gasteiger partial charge in [0.05, 0.1) is 5.57 Å². The van der Waals surface area contributed by atoms with Crippen LogP contribution < -0.4 is 4.74 Å². The van der Waals surface area contributed by atoms with E-state index in [1.54, 1.807) is 0 Å². The van der Waals surface area contributed by atoms with E-state index in [9.17, 15) is 22.8 Å². The van der Waals surface area contributed by atoms with E-state index in [-0.39, 0.29) is 23.6 Å². The first-order chi connectivity index (χ1) is 11.8. The Morgan fingerprint density at radius 1 is 1.16 bits per heavy atom. The summed E-state index contributed by atoms with van der Waals surface area (Å²) in [6.07, 6.45) is -2.34. The zero-order valence-electron chi connectivity index (χ0n) is 13.2. The number of ether oxygens (including phenoxy) is 2. The molecule has 0 radical (unpaired) electrons. The molecule has 25 heavy (non-hydrogen) atoms. The second kappa shape index (κ2) is 6.87. The number of hydrogen-bond acceptors (Lipinski definition) is 4. The lowest BCUT2D eigenvalue weighted by molar-refractivity contribution is -0.274. The number of halogens is 3. The largest absolute Gasteiger partial charge is 0.573 e. The summed E-state index contributed by atoms with van der Waals surface area (Å²) in [7, 11) is 0. The summed E-state index contributed by atoms with van der Waals surface area (Å²) in [6, 6.07) is 5.29. The minimum absolute atomic E-state index is 0.0485. The molecule has 2 heterocycles. The summed E-state index contributed by atoms with van der Waals surface area (Å²) in [5.74, 6) is -1.49. The lowest BCUT2D eigenvalue weighted by Crippen LogP contribution is -2.37. The fourth-order valence-corrected chi connectivity index (χ4v) is 2.96. The predicted octanol–water partition coefficient (Wildman–Crippen LogP) is 2.76. The Balaban J connectivity index is 1.81. The first-order valence-corrected chi connectivity index (χ1v) is 7.85. The van der Waals surface area contributed by atoms with E-state index in [0.717, 1.165) is 29.9 Å². The van der Waals surface area contributed by atoms with Crippen LogP contribution in [0.1, 0.15) is 18.4 Å². The van der Waals surface area contributed by atoms with Crippen LogP contribution in [-0.4, -0.2) is 42.8 Å². The average molecular weight is 355 g/mol. The minimum atomic E-state index is -4.88. The van der Waals surface area contributed by atoms with Gasteiger partial charge in [0.15, 0.2) is 0 Å². The van der Waals surface area contributed by atoms with Gasteiger partial charge in [-0.05, 0) is 24.8 Å². The number of hydrogen-bond donors (Lipinski definition) is 0. The number of carbonyl (C=O) groups is 2. The van der Waals surface area contributed by atoms with Crippen molar-refractivity contribution in [2.24, 2.45) is 5.92 Å². The van der Waals surface area contributed by atoms with Crippen LogP contribution in [0, 0.1) is 5.92 Å². The van der Waals surface area contributed by atoms with E-state index in [4.69, 9.17) is 4.74 Å². The Kier molecular flexibility index (Phi) is 4.80. The fraction of sp³-hybridized carbons (Fsp3) is 0.412. The van der Waals surface area contributed by atoms with E-state index in [1.807, 2.05) is 0 Å². The highest BCUT2D eigenvalue weighted by Crippen LogP contribution is 2.34. The molecule has 1 aromatic carbocycles. The number of imide groups is 1. The number of alkyl halides is 3. The van der Waals surface area contributed by atoms with Crippen molar-refractivity contribution in [2.45, 2.75) is 19.2 Å². The van der Waals surface area contributed by atoms with E-state index in [2.05, 4.69) is 4.74 Å². The molecule has 0 aromatic heterocycles.